The Morgan fingerprint density at radius 3 is 2.03 bits per heavy atom. The van der Waals surface area contributed by atoms with Gasteiger partial charge in [-0.25, -0.2) is 23.6 Å². The van der Waals surface area contributed by atoms with Crippen molar-refractivity contribution in [2.75, 3.05) is 164 Å². The Balaban J connectivity index is 0.937. The Kier molecular flexibility index (Phi) is 37.1. The quantitative estimate of drug-likeness (QED) is 0.00622. The number of carbonyl (C=O) groups excluding carboxylic acids is 3. The van der Waals surface area contributed by atoms with Crippen LogP contribution in [0.25, 0.3) is 10.2 Å². The van der Waals surface area contributed by atoms with Crippen molar-refractivity contribution in [3.63, 3.8) is 0 Å². The second kappa shape index (κ2) is 45.4. The number of allylic oxidation sites excluding steroid dienone is 4. The van der Waals surface area contributed by atoms with E-state index in [0.29, 0.717) is 177 Å². The zero-order valence-corrected chi connectivity index (χ0v) is 56.3. The second-order valence-corrected chi connectivity index (χ2v) is 22.8. The van der Waals surface area contributed by atoms with Crippen molar-refractivity contribution in [2.45, 2.75) is 58.9 Å². The molecule has 0 aliphatic carbocycles. The van der Waals surface area contributed by atoms with Gasteiger partial charge in [-0.3, -0.25) is 9.79 Å². The third kappa shape index (κ3) is 29.2. The molecule has 0 atom stereocenters. The fraction of sp³-hybridized carbons (Fsp3) is 0.492. The summed E-state index contributed by atoms with van der Waals surface area (Å²) in [5, 5.41) is 18.2. The Labute approximate surface area is 558 Å². The van der Waals surface area contributed by atoms with Gasteiger partial charge in [-0.1, -0.05) is 46.6 Å². The summed E-state index contributed by atoms with van der Waals surface area (Å²) in [6.07, 6.45) is 3.33. The molecule has 2 aromatic heterocycles. The van der Waals surface area contributed by atoms with Gasteiger partial charge in [0.2, 0.25) is 0 Å². The molecule has 0 aliphatic heterocycles. The van der Waals surface area contributed by atoms with E-state index in [4.69, 9.17) is 63.6 Å². The molecule has 0 radical (unpaired) electrons. The Bertz CT molecular complexity index is 3220. The van der Waals surface area contributed by atoms with Crippen molar-refractivity contribution in [1.29, 1.82) is 0 Å². The number of halogens is 1. The lowest BCUT2D eigenvalue weighted by Crippen LogP contribution is -2.29. The Hall–Kier alpha value is -7.89. The summed E-state index contributed by atoms with van der Waals surface area (Å²) in [5.41, 5.74) is 18.7. The maximum atomic E-state index is 15.3. The third-order valence-electron chi connectivity index (χ3n) is 13.6. The summed E-state index contributed by atoms with van der Waals surface area (Å²) < 4.78 is 78.3. The smallest absolute Gasteiger partial charge is 0.410 e. The number of thioether (sulfide) groups is 1. The lowest BCUT2D eigenvalue weighted by atomic mass is 10.0. The van der Waals surface area contributed by atoms with Gasteiger partial charge >= 0.3 is 12.2 Å². The molecule has 0 saturated heterocycles. The van der Waals surface area contributed by atoms with Crippen LogP contribution in [0.3, 0.4) is 0 Å². The largest absolute Gasteiger partial charge is 0.491 e. The fourth-order valence-corrected chi connectivity index (χ4v) is 10.4. The van der Waals surface area contributed by atoms with Crippen molar-refractivity contribution in [2.24, 2.45) is 16.5 Å². The van der Waals surface area contributed by atoms with Gasteiger partial charge in [0.05, 0.1) is 141 Å². The van der Waals surface area contributed by atoms with Crippen LogP contribution in [-0.2, 0) is 78.5 Å². The second-order valence-electron chi connectivity index (χ2n) is 20.5. The number of aromatic nitrogens is 4. The molecule has 2 amide bonds. The van der Waals surface area contributed by atoms with Crippen LogP contribution in [0.1, 0.15) is 55.0 Å². The summed E-state index contributed by atoms with van der Waals surface area (Å²) >= 11 is 3.00. The zero-order chi connectivity index (χ0) is 67.6. The maximum Gasteiger partial charge on any atom is 0.410 e. The lowest BCUT2D eigenvalue weighted by molar-refractivity contribution is -0.105. The molecule has 7 N–H and O–H groups in total. The normalized spacial score (nSPS) is 12.0. The SMILES string of the molecule is C=N/C(C=O)=C(/CCCOc1ccc(C#CCN(C)C(=O)OCc2ccc(NC)cc2CN(C)C(=O)OCc2cn(CCOCCOCCOCCOCCOCCOCCOCCOC)nn2)cc1F)SCCCC(=C(/N)NC)/C(C)=C(\N)Nc1nc2ccccc2s1. The first-order chi connectivity index (χ1) is 45.8. The summed E-state index contributed by atoms with van der Waals surface area (Å²) in [7, 11) is 8.29. The van der Waals surface area contributed by atoms with Gasteiger partial charge in [-0.15, -0.1) is 16.9 Å². The molecule has 0 saturated carbocycles. The van der Waals surface area contributed by atoms with Crippen molar-refractivity contribution in [3.8, 4) is 17.6 Å². The van der Waals surface area contributed by atoms with Crippen LogP contribution < -0.4 is 32.2 Å². The molecule has 0 aliphatic rings. The number of hydrogen-bond donors (Lipinski definition) is 5. The first kappa shape index (κ1) is 76.8. The first-order valence-corrected chi connectivity index (χ1v) is 32.5. The minimum atomic E-state index is -0.639. The number of aliphatic imine (C=N–C) groups is 1. The van der Waals surface area contributed by atoms with Gasteiger partial charge in [0.15, 0.2) is 23.0 Å². The average Bonchev–Trinajstić information content (AvgIpc) is 1.84. The van der Waals surface area contributed by atoms with Gasteiger partial charge < -0.3 is 89.3 Å². The third-order valence-corrected chi connectivity index (χ3v) is 15.8. The number of thiazole rings is 1. The Morgan fingerprint density at radius 2 is 1.41 bits per heavy atom. The monoisotopic (exact) mass is 1350 g/mol. The van der Waals surface area contributed by atoms with Crippen LogP contribution >= 0.6 is 23.1 Å². The number of nitrogens with one attached hydrogen (secondary N) is 3. The van der Waals surface area contributed by atoms with E-state index in [0.717, 1.165) is 37.5 Å². The molecule has 514 valence electrons. The van der Waals surface area contributed by atoms with Crippen LogP contribution in [-0.4, -0.2) is 208 Å². The molecule has 26 nitrogen and oxygen atoms in total. The number of aldehydes is 1. The van der Waals surface area contributed by atoms with Crippen LogP contribution in [0.15, 0.2) is 105 Å². The van der Waals surface area contributed by atoms with Crippen LogP contribution in [0, 0.1) is 17.7 Å². The summed E-state index contributed by atoms with van der Waals surface area (Å²) in [6, 6.07) is 17.7. The Morgan fingerprint density at radius 1 is 0.777 bits per heavy atom. The fourth-order valence-electron chi connectivity index (χ4n) is 8.44. The highest BCUT2D eigenvalue weighted by Gasteiger charge is 2.18. The number of nitrogens with zero attached hydrogens (tertiary/aromatic N) is 7. The number of para-hydroxylation sites is 1. The van der Waals surface area contributed by atoms with E-state index in [1.165, 1.54) is 52.1 Å². The van der Waals surface area contributed by atoms with E-state index in [1.807, 2.05) is 49.4 Å². The van der Waals surface area contributed by atoms with Crippen molar-refractivity contribution < 1.29 is 70.9 Å². The number of fused-ring (bicyclic) bond motifs is 1. The highest BCUT2D eigenvalue weighted by Crippen LogP contribution is 2.30. The molecule has 2 heterocycles. The van der Waals surface area contributed by atoms with Gasteiger partial charge in [0, 0.05) is 58.0 Å². The highest BCUT2D eigenvalue weighted by atomic mass is 32.2. The number of methoxy groups -OCH3 is 1. The maximum absolute atomic E-state index is 15.3. The van der Waals surface area contributed by atoms with E-state index in [-0.39, 0.29) is 44.4 Å². The number of hydrogen-bond acceptors (Lipinski definition) is 25. The first-order valence-electron chi connectivity index (χ1n) is 30.7. The van der Waals surface area contributed by atoms with E-state index < -0.39 is 18.0 Å². The average molecular weight is 1350 g/mol. The molecular formula is C65H91FN12O14S2. The van der Waals surface area contributed by atoms with Crippen molar-refractivity contribution in [1.82, 2.24) is 35.1 Å². The van der Waals surface area contributed by atoms with Crippen molar-refractivity contribution in [3.05, 3.63) is 128 Å². The minimum Gasteiger partial charge on any atom is -0.491 e. The van der Waals surface area contributed by atoms with Crippen LogP contribution in [0.4, 0.5) is 24.8 Å². The van der Waals surface area contributed by atoms with E-state index >= 15 is 4.39 Å². The summed E-state index contributed by atoms with van der Waals surface area (Å²) in [5.74, 6) is 6.79. The van der Waals surface area contributed by atoms with Gasteiger partial charge in [-0.2, -0.15) is 0 Å². The van der Waals surface area contributed by atoms with E-state index in [9.17, 15) is 14.4 Å². The molecule has 0 fully saturated rings. The van der Waals surface area contributed by atoms with Crippen LogP contribution in [0.2, 0.25) is 0 Å². The highest BCUT2D eigenvalue weighted by molar-refractivity contribution is 8.03. The number of nitrogens with two attached hydrogens (primary N) is 2. The van der Waals surface area contributed by atoms with Crippen molar-refractivity contribution >= 4 is 69.3 Å². The number of carbonyl (C=O) groups is 3. The molecular weight excluding hydrogens is 1260 g/mol. The molecule has 0 spiro atoms. The number of amides is 2. The molecule has 0 unspecified atom stereocenters. The van der Waals surface area contributed by atoms with Gasteiger partial charge in [-0.05, 0) is 110 Å². The van der Waals surface area contributed by atoms with E-state index in [1.54, 1.807) is 45.2 Å². The topological polar surface area (TPSA) is 303 Å². The number of benzene rings is 3. The number of anilines is 2. The predicted molar refractivity (Wildman–Crippen MR) is 361 cm³/mol. The summed E-state index contributed by atoms with van der Waals surface area (Å²) in [6.45, 7) is 13.1. The standard InChI is InChI=1S/C65H91FN12O14S2/c1-48(61(67)73-63-72-56-15-8-9-16-60(56)94-63)54(62(68)71-4)14-12-40-93-59(57(45-79)70-3)17-11-24-90-58-21-18-49(41-55(58)66)13-10-22-76(5)64(80)91-46-50-19-20-52(69-2)42-51(50)43-77(6)65(81)92-47-53-44-78(75-74-53)23-25-83-28-29-85-32-33-87-36-37-89-39-38-88-35-34-86-31-30-84-27-26-82-7/h8-9,15-16,18-21,41-42,44-45,69,71H,3,11-12,14,17,22-40,43,46-47,67-68H2,1-2,4-7H3,(H,72,73)/b59-57-,61-48+,62-54+. The molecule has 29 heteroatoms. The molecule has 5 aromatic rings. The molecule has 94 heavy (non-hydrogen) atoms. The van der Waals surface area contributed by atoms with Gasteiger partial charge in [0.25, 0.3) is 0 Å². The summed E-state index contributed by atoms with van der Waals surface area (Å²) in [4.78, 5) is 50.2. The molecule has 0 bridgehead atoms. The minimum absolute atomic E-state index is 0.0110. The molecule has 5 rings (SSSR count). The predicted octanol–water partition coefficient (Wildman–Crippen LogP) is 7.70. The lowest BCUT2D eigenvalue weighted by Gasteiger charge is -2.20. The van der Waals surface area contributed by atoms with E-state index in [2.05, 4.69) is 54.8 Å². The van der Waals surface area contributed by atoms with Gasteiger partial charge in [0.1, 0.15) is 30.4 Å². The molecule has 3 aromatic carbocycles. The zero-order valence-electron chi connectivity index (χ0n) is 54.7. The number of rotatable bonds is 48. The van der Waals surface area contributed by atoms with Crippen LogP contribution in [0.5, 0.6) is 5.75 Å². The number of ether oxygens (including phenoxy) is 11.